The van der Waals surface area contributed by atoms with Gasteiger partial charge in [0.1, 0.15) is 11.5 Å². The van der Waals surface area contributed by atoms with Gasteiger partial charge in [0.15, 0.2) is 5.78 Å². The highest BCUT2D eigenvalue weighted by Crippen LogP contribution is 2.23. The van der Waals surface area contributed by atoms with Crippen LogP contribution < -0.4 is 14.8 Å². The van der Waals surface area contributed by atoms with Crippen LogP contribution in [0.1, 0.15) is 34.6 Å². The van der Waals surface area contributed by atoms with Crippen LogP contribution in [-0.4, -0.2) is 30.2 Å². The summed E-state index contributed by atoms with van der Waals surface area (Å²) < 4.78 is 9.89. The first-order chi connectivity index (χ1) is 12.3. The zero-order chi connectivity index (χ0) is 19.1. The minimum absolute atomic E-state index is 0.0517. The summed E-state index contributed by atoms with van der Waals surface area (Å²) in [5.74, 6) is -1.90. The second-order valence-electron chi connectivity index (χ2n) is 5.35. The normalized spacial score (nSPS) is 9.92. The van der Waals surface area contributed by atoms with Gasteiger partial charge in [-0.1, -0.05) is 30.3 Å². The molecule has 1 amide bonds. The third-order valence-corrected chi connectivity index (χ3v) is 3.17. The van der Waals surface area contributed by atoms with Crippen molar-refractivity contribution in [1.82, 2.24) is 5.32 Å². The van der Waals surface area contributed by atoms with Crippen LogP contribution in [0.5, 0.6) is 11.5 Å². The Bertz CT molecular complexity index is 810. The molecule has 0 bridgehead atoms. The first-order valence-corrected chi connectivity index (χ1v) is 7.73. The number of rotatable bonds is 6. The van der Waals surface area contributed by atoms with Crippen LogP contribution in [0.4, 0.5) is 0 Å². The molecular formula is C19H17NO6. The van der Waals surface area contributed by atoms with Crippen LogP contribution in [-0.2, 0) is 9.59 Å². The van der Waals surface area contributed by atoms with Crippen molar-refractivity contribution >= 4 is 23.6 Å². The standard InChI is InChI=1S/C19H17NO6/c1-12(21)25-16-8-15(9-17(10-16)26-13(2)22)19(24)20-11-18(23)14-6-4-3-5-7-14/h3-10H,11H2,1-2H3,(H,20,24). The second-order valence-corrected chi connectivity index (χ2v) is 5.35. The van der Waals surface area contributed by atoms with E-state index in [9.17, 15) is 19.2 Å². The molecular weight excluding hydrogens is 338 g/mol. The molecule has 1 N–H and O–H groups in total. The molecule has 0 aliphatic carbocycles. The summed E-state index contributed by atoms with van der Waals surface area (Å²) in [5.41, 5.74) is 0.558. The summed E-state index contributed by atoms with van der Waals surface area (Å²) in [6.07, 6.45) is 0. The van der Waals surface area contributed by atoms with E-state index in [1.807, 2.05) is 0 Å². The first-order valence-electron chi connectivity index (χ1n) is 7.73. The lowest BCUT2D eigenvalue weighted by molar-refractivity contribution is -0.132. The molecule has 7 heteroatoms. The van der Waals surface area contributed by atoms with Gasteiger partial charge in [0.05, 0.1) is 6.54 Å². The lowest BCUT2D eigenvalue weighted by Gasteiger charge is -2.10. The van der Waals surface area contributed by atoms with Gasteiger partial charge < -0.3 is 14.8 Å². The van der Waals surface area contributed by atoms with Gasteiger partial charge in [0.2, 0.25) is 0 Å². The smallest absolute Gasteiger partial charge is 0.308 e. The molecule has 0 aliphatic heterocycles. The molecule has 134 valence electrons. The highest BCUT2D eigenvalue weighted by Gasteiger charge is 2.14. The zero-order valence-electron chi connectivity index (χ0n) is 14.3. The number of hydrogen-bond acceptors (Lipinski definition) is 6. The Morgan fingerprint density at radius 3 is 1.85 bits per heavy atom. The Hall–Kier alpha value is -3.48. The summed E-state index contributed by atoms with van der Waals surface area (Å²) in [6.45, 7) is 2.21. The average Bonchev–Trinajstić information content (AvgIpc) is 2.58. The third-order valence-electron chi connectivity index (χ3n) is 3.17. The van der Waals surface area contributed by atoms with Gasteiger partial charge >= 0.3 is 11.9 Å². The molecule has 0 aromatic heterocycles. The van der Waals surface area contributed by atoms with E-state index in [4.69, 9.17) is 9.47 Å². The van der Waals surface area contributed by atoms with Crippen molar-refractivity contribution in [3.63, 3.8) is 0 Å². The highest BCUT2D eigenvalue weighted by atomic mass is 16.5. The Balaban J connectivity index is 2.14. The van der Waals surface area contributed by atoms with Crippen LogP contribution in [0, 0.1) is 0 Å². The van der Waals surface area contributed by atoms with Gasteiger partial charge in [-0.05, 0) is 12.1 Å². The number of hydrogen-bond donors (Lipinski definition) is 1. The van der Waals surface area contributed by atoms with E-state index < -0.39 is 17.8 Å². The zero-order valence-corrected chi connectivity index (χ0v) is 14.3. The molecule has 0 spiro atoms. The van der Waals surface area contributed by atoms with E-state index >= 15 is 0 Å². The molecule has 2 rings (SSSR count). The van der Waals surface area contributed by atoms with E-state index in [0.29, 0.717) is 5.56 Å². The lowest BCUT2D eigenvalue weighted by Crippen LogP contribution is -2.29. The van der Waals surface area contributed by atoms with Crippen LogP contribution >= 0.6 is 0 Å². The third kappa shape index (κ3) is 5.55. The summed E-state index contributed by atoms with van der Waals surface area (Å²) in [5, 5.41) is 2.49. The quantitative estimate of drug-likeness (QED) is 0.484. The fourth-order valence-corrected chi connectivity index (χ4v) is 2.14. The number of carbonyl (C=O) groups excluding carboxylic acids is 4. The fourth-order valence-electron chi connectivity index (χ4n) is 2.14. The maximum Gasteiger partial charge on any atom is 0.308 e. The minimum atomic E-state index is -0.587. The molecule has 2 aromatic rings. The van der Waals surface area contributed by atoms with Crippen LogP contribution in [0.15, 0.2) is 48.5 Å². The number of amides is 1. The van der Waals surface area contributed by atoms with Gasteiger partial charge in [-0.25, -0.2) is 0 Å². The average molecular weight is 355 g/mol. The SMILES string of the molecule is CC(=O)Oc1cc(OC(C)=O)cc(C(=O)NCC(=O)c2ccccc2)c1. The van der Waals surface area contributed by atoms with Crippen molar-refractivity contribution < 1.29 is 28.7 Å². The van der Waals surface area contributed by atoms with Gasteiger partial charge in [0.25, 0.3) is 5.91 Å². The molecule has 0 heterocycles. The lowest BCUT2D eigenvalue weighted by atomic mass is 10.1. The highest BCUT2D eigenvalue weighted by molar-refractivity contribution is 6.02. The van der Waals surface area contributed by atoms with E-state index in [1.54, 1.807) is 30.3 Å². The van der Waals surface area contributed by atoms with Crippen LogP contribution in [0.25, 0.3) is 0 Å². The molecule has 26 heavy (non-hydrogen) atoms. The molecule has 0 unspecified atom stereocenters. The van der Waals surface area contributed by atoms with E-state index in [1.165, 1.54) is 32.0 Å². The van der Waals surface area contributed by atoms with Gasteiger partial charge in [0, 0.05) is 31.0 Å². The number of ether oxygens (including phenoxy) is 2. The van der Waals surface area contributed by atoms with Crippen molar-refractivity contribution in [3.8, 4) is 11.5 Å². The number of carbonyl (C=O) groups is 4. The maximum absolute atomic E-state index is 12.3. The molecule has 0 saturated heterocycles. The molecule has 0 radical (unpaired) electrons. The van der Waals surface area contributed by atoms with Crippen LogP contribution in [0.3, 0.4) is 0 Å². The summed E-state index contributed by atoms with van der Waals surface area (Å²) in [4.78, 5) is 46.6. The summed E-state index contributed by atoms with van der Waals surface area (Å²) >= 11 is 0. The largest absolute Gasteiger partial charge is 0.427 e. The molecule has 0 aliphatic rings. The Labute approximate surface area is 149 Å². The topological polar surface area (TPSA) is 98.8 Å². The summed E-state index contributed by atoms with van der Waals surface area (Å²) in [6, 6.07) is 12.5. The molecule has 0 fully saturated rings. The summed E-state index contributed by atoms with van der Waals surface area (Å²) in [7, 11) is 0. The minimum Gasteiger partial charge on any atom is -0.427 e. The molecule has 7 nitrogen and oxygen atoms in total. The number of Topliss-reactive ketones (excluding diaryl/α,β-unsaturated/α-hetero) is 1. The van der Waals surface area contributed by atoms with Crippen molar-refractivity contribution in [1.29, 1.82) is 0 Å². The van der Waals surface area contributed by atoms with Crippen molar-refractivity contribution in [2.24, 2.45) is 0 Å². The van der Waals surface area contributed by atoms with Gasteiger partial charge in [-0.3, -0.25) is 19.2 Å². The van der Waals surface area contributed by atoms with E-state index in [2.05, 4.69) is 5.32 Å². The van der Waals surface area contributed by atoms with Crippen molar-refractivity contribution in [2.75, 3.05) is 6.54 Å². The Morgan fingerprint density at radius 1 is 0.808 bits per heavy atom. The Kier molecular flexibility index (Phi) is 6.21. The predicted molar refractivity (Wildman–Crippen MR) is 92.2 cm³/mol. The van der Waals surface area contributed by atoms with E-state index in [-0.39, 0.29) is 29.4 Å². The first kappa shape index (κ1) is 18.9. The monoisotopic (exact) mass is 355 g/mol. The molecule has 2 aromatic carbocycles. The van der Waals surface area contributed by atoms with E-state index in [0.717, 1.165) is 0 Å². The van der Waals surface area contributed by atoms with Gasteiger partial charge in [-0.2, -0.15) is 0 Å². The predicted octanol–water partition coefficient (Wildman–Crippen LogP) is 2.15. The number of benzene rings is 2. The number of nitrogens with one attached hydrogen (secondary N) is 1. The number of ketones is 1. The van der Waals surface area contributed by atoms with Crippen molar-refractivity contribution in [3.05, 3.63) is 59.7 Å². The second kappa shape index (κ2) is 8.57. The van der Waals surface area contributed by atoms with Crippen LogP contribution in [0.2, 0.25) is 0 Å². The molecule has 0 atom stereocenters. The van der Waals surface area contributed by atoms with Gasteiger partial charge in [-0.15, -0.1) is 0 Å². The molecule has 0 saturated carbocycles. The maximum atomic E-state index is 12.3. The Morgan fingerprint density at radius 2 is 1.35 bits per heavy atom. The fraction of sp³-hybridized carbons (Fsp3) is 0.158. The van der Waals surface area contributed by atoms with Crippen molar-refractivity contribution in [2.45, 2.75) is 13.8 Å². The number of esters is 2.